The average molecular weight is 440 g/mol. The zero-order chi connectivity index (χ0) is 23.1. The molecular formula is C24H28N2O6. The van der Waals surface area contributed by atoms with Gasteiger partial charge in [-0.15, -0.1) is 0 Å². The summed E-state index contributed by atoms with van der Waals surface area (Å²) < 4.78 is 26.9. The number of rotatable bonds is 10. The molecule has 1 aromatic heterocycles. The van der Waals surface area contributed by atoms with Gasteiger partial charge < -0.3 is 28.4 Å². The predicted molar refractivity (Wildman–Crippen MR) is 120 cm³/mol. The van der Waals surface area contributed by atoms with E-state index in [0.29, 0.717) is 53.1 Å². The Bertz CT molecular complexity index is 1020. The van der Waals surface area contributed by atoms with Gasteiger partial charge >= 0.3 is 0 Å². The molecule has 0 radical (unpaired) electrons. The van der Waals surface area contributed by atoms with Crippen LogP contribution in [-0.4, -0.2) is 50.9 Å². The third kappa shape index (κ3) is 4.96. The van der Waals surface area contributed by atoms with Crippen LogP contribution in [0.15, 0.2) is 47.0 Å². The van der Waals surface area contributed by atoms with E-state index in [9.17, 15) is 4.79 Å². The Morgan fingerprint density at radius 1 is 0.938 bits per heavy atom. The van der Waals surface area contributed by atoms with Gasteiger partial charge in [-0.2, -0.15) is 0 Å². The van der Waals surface area contributed by atoms with E-state index in [1.165, 1.54) is 0 Å². The molecule has 0 saturated carbocycles. The first-order valence-electron chi connectivity index (χ1n) is 10.2. The fourth-order valence-corrected chi connectivity index (χ4v) is 3.38. The van der Waals surface area contributed by atoms with Gasteiger partial charge in [-0.25, -0.2) is 0 Å². The van der Waals surface area contributed by atoms with Crippen LogP contribution in [0.2, 0.25) is 0 Å². The van der Waals surface area contributed by atoms with Crippen molar-refractivity contribution in [3.63, 3.8) is 0 Å². The van der Waals surface area contributed by atoms with Gasteiger partial charge in [0.25, 0.3) is 5.91 Å². The van der Waals surface area contributed by atoms with Crippen molar-refractivity contribution >= 4 is 5.91 Å². The molecule has 2 aromatic carbocycles. The fourth-order valence-electron chi connectivity index (χ4n) is 3.38. The monoisotopic (exact) mass is 440 g/mol. The summed E-state index contributed by atoms with van der Waals surface area (Å²) in [7, 11) is 6.26. The Kier molecular flexibility index (Phi) is 7.59. The molecule has 0 spiro atoms. The minimum absolute atomic E-state index is 0.0770. The first kappa shape index (κ1) is 23.0. The van der Waals surface area contributed by atoms with Gasteiger partial charge in [-0.1, -0.05) is 12.1 Å². The molecule has 0 aliphatic rings. The zero-order valence-corrected chi connectivity index (χ0v) is 19.0. The van der Waals surface area contributed by atoms with Gasteiger partial charge in [-0.05, 0) is 42.8 Å². The van der Waals surface area contributed by atoms with E-state index in [0.717, 1.165) is 12.0 Å². The minimum Gasteiger partial charge on any atom is -0.497 e. The van der Waals surface area contributed by atoms with Crippen molar-refractivity contribution in [1.29, 1.82) is 0 Å². The maximum absolute atomic E-state index is 13.0. The van der Waals surface area contributed by atoms with E-state index in [1.807, 2.05) is 13.0 Å². The lowest BCUT2D eigenvalue weighted by molar-refractivity contribution is 0.0739. The molecule has 0 saturated heterocycles. The second kappa shape index (κ2) is 10.6. The van der Waals surface area contributed by atoms with Crippen LogP contribution in [0.25, 0.3) is 11.3 Å². The van der Waals surface area contributed by atoms with Gasteiger partial charge in [0.15, 0.2) is 17.3 Å². The first-order valence-corrected chi connectivity index (χ1v) is 10.2. The quantitative estimate of drug-likeness (QED) is 0.461. The summed E-state index contributed by atoms with van der Waals surface area (Å²) in [6.45, 7) is 2.95. The Morgan fingerprint density at radius 3 is 2.12 bits per heavy atom. The third-order valence-electron chi connectivity index (χ3n) is 4.98. The Hall–Kier alpha value is -3.68. The van der Waals surface area contributed by atoms with Crippen LogP contribution >= 0.6 is 0 Å². The Morgan fingerprint density at radius 2 is 1.59 bits per heavy atom. The molecule has 170 valence electrons. The van der Waals surface area contributed by atoms with Crippen LogP contribution in [-0.2, 0) is 6.54 Å². The third-order valence-corrected chi connectivity index (χ3v) is 4.98. The molecule has 0 fully saturated rings. The van der Waals surface area contributed by atoms with Crippen molar-refractivity contribution in [2.75, 3.05) is 35.0 Å². The molecule has 1 heterocycles. The number of ether oxygens (including phenoxy) is 4. The van der Waals surface area contributed by atoms with Crippen LogP contribution in [0.3, 0.4) is 0 Å². The van der Waals surface area contributed by atoms with E-state index < -0.39 is 0 Å². The minimum atomic E-state index is -0.0770. The molecule has 8 nitrogen and oxygen atoms in total. The molecule has 1 amide bonds. The van der Waals surface area contributed by atoms with Crippen molar-refractivity contribution in [3.05, 3.63) is 53.7 Å². The van der Waals surface area contributed by atoms with Crippen LogP contribution in [0.5, 0.6) is 23.0 Å². The summed E-state index contributed by atoms with van der Waals surface area (Å²) >= 11 is 0. The van der Waals surface area contributed by atoms with Crippen molar-refractivity contribution in [2.24, 2.45) is 0 Å². The topological polar surface area (TPSA) is 83.3 Å². The summed E-state index contributed by atoms with van der Waals surface area (Å²) in [5.41, 5.74) is 1.96. The van der Waals surface area contributed by atoms with E-state index in [4.69, 9.17) is 23.5 Å². The van der Waals surface area contributed by atoms with Gasteiger partial charge in [-0.3, -0.25) is 4.79 Å². The number of nitrogens with zero attached hydrogens (tertiary/aromatic N) is 2. The summed E-state index contributed by atoms with van der Waals surface area (Å²) in [6.07, 6.45) is 0.819. The largest absolute Gasteiger partial charge is 0.497 e. The molecule has 32 heavy (non-hydrogen) atoms. The summed E-state index contributed by atoms with van der Waals surface area (Å²) in [5.74, 6) is 2.69. The van der Waals surface area contributed by atoms with Gasteiger partial charge in [0.1, 0.15) is 11.4 Å². The zero-order valence-electron chi connectivity index (χ0n) is 19.0. The highest BCUT2D eigenvalue weighted by Crippen LogP contribution is 2.41. The number of methoxy groups -OCH3 is 4. The number of hydrogen-bond donors (Lipinski definition) is 0. The molecule has 8 heteroatoms. The standard InChI is InChI=1S/C24H28N2O6/c1-6-11-26(24(27)16-7-9-19(28-2)10-8-16)15-18-14-20(32-25-18)17-12-21(29-3)23(31-5)22(13-17)30-4/h7-10,12-14H,6,11,15H2,1-5H3. The lowest BCUT2D eigenvalue weighted by atomic mass is 10.1. The molecule has 0 N–H and O–H groups in total. The van der Waals surface area contributed by atoms with Crippen LogP contribution < -0.4 is 18.9 Å². The van der Waals surface area contributed by atoms with Crippen molar-refractivity contribution in [3.8, 4) is 34.3 Å². The Balaban J connectivity index is 1.84. The highest BCUT2D eigenvalue weighted by atomic mass is 16.5. The highest BCUT2D eigenvalue weighted by Gasteiger charge is 2.20. The van der Waals surface area contributed by atoms with E-state index >= 15 is 0 Å². The molecule has 0 atom stereocenters. The molecule has 0 aliphatic heterocycles. The SMILES string of the molecule is CCCN(Cc1cc(-c2cc(OC)c(OC)c(OC)c2)on1)C(=O)c1ccc(OC)cc1. The second-order valence-corrected chi connectivity index (χ2v) is 7.05. The Labute approximate surface area is 187 Å². The smallest absolute Gasteiger partial charge is 0.254 e. The number of carbonyl (C=O) groups excluding carboxylic acids is 1. The van der Waals surface area contributed by atoms with Crippen molar-refractivity contribution in [1.82, 2.24) is 10.1 Å². The number of amides is 1. The second-order valence-electron chi connectivity index (χ2n) is 7.05. The van der Waals surface area contributed by atoms with Crippen LogP contribution in [0.4, 0.5) is 0 Å². The van der Waals surface area contributed by atoms with Crippen LogP contribution in [0.1, 0.15) is 29.4 Å². The molecular weight excluding hydrogens is 412 g/mol. The predicted octanol–water partition coefficient (Wildman–Crippen LogP) is 4.43. The lowest BCUT2D eigenvalue weighted by Crippen LogP contribution is -2.31. The lowest BCUT2D eigenvalue weighted by Gasteiger charge is -2.21. The first-order chi connectivity index (χ1) is 15.5. The van der Waals surface area contributed by atoms with Crippen molar-refractivity contribution < 1.29 is 28.3 Å². The molecule has 0 bridgehead atoms. The highest BCUT2D eigenvalue weighted by molar-refractivity contribution is 5.94. The molecule has 0 unspecified atom stereocenters. The average Bonchev–Trinajstić information content (AvgIpc) is 3.31. The number of aromatic nitrogens is 1. The summed E-state index contributed by atoms with van der Waals surface area (Å²) in [6, 6.07) is 12.5. The van der Waals surface area contributed by atoms with Crippen molar-refractivity contribution in [2.45, 2.75) is 19.9 Å². The van der Waals surface area contributed by atoms with E-state index in [2.05, 4.69) is 5.16 Å². The fraction of sp³-hybridized carbons (Fsp3) is 0.333. The number of hydrogen-bond acceptors (Lipinski definition) is 7. The summed E-state index contributed by atoms with van der Waals surface area (Å²) in [5, 5.41) is 4.17. The van der Waals surface area contributed by atoms with E-state index in [1.54, 1.807) is 69.7 Å². The van der Waals surface area contributed by atoms with Gasteiger partial charge in [0.2, 0.25) is 5.75 Å². The van der Waals surface area contributed by atoms with Gasteiger partial charge in [0, 0.05) is 23.7 Å². The summed E-state index contributed by atoms with van der Waals surface area (Å²) in [4.78, 5) is 14.8. The molecule has 0 aliphatic carbocycles. The number of benzene rings is 2. The molecule has 3 rings (SSSR count). The van der Waals surface area contributed by atoms with Crippen LogP contribution in [0, 0.1) is 0 Å². The van der Waals surface area contributed by atoms with Gasteiger partial charge in [0.05, 0.1) is 35.0 Å². The maximum Gasteiger partial charge on any atom is 0.254 e. The maximum atomic E-state index is 13.0. The normalized spacial score (nSPS) is 10.5. The van der Waals surface area contributed by atoms with E-state index in [-0.39, 0.29) is 5.91 Å². The number of carbonyl (C=O) groups is 1. The molecule has 3 aromatic rings.